The van der Waals surface area contributed by atoms with Crippen LogP contribution in [-0.2, 0) is 33.8 Å². The molecule has 1 aliphatic carbocycles. The van der Waals surface area contributed by atoms with Gasteiger partial charge in [0, 0.05) is 17.5 Å². The van der Waals surface area contributed by atoms with Gasteiger partial charge in [0.15, 0.2) is 0 Å². The normalized spacial score (nSPS) is 19.1. The van der Waals surface area contributed by atoms with Gasteiger partial charge in [0.2, 0.25) is 11.8 Å². The number of nitrogens with zero attached hydrogens (tertiary/aromatic N) is 2. The molecule has 0 bridgehead atoms. The summed E-state index contributed by atoms with van der Waals surface area (Å²) in [6.45, 7) is 8.08. The molecule has 1 aromatic heterocycles. The van der Waals surface area contributed by atoms with Crippen molar-refractivity contribution in [2.45, 2.75) is 71.7 Å². The van der Waals surface area contributed by atoms with Gasteiger partial charge in [-0.15, -0.1) is 0 Å². The van der Waals surface area contributed by atoms with E-state index in [-0.39, 0.29) is 23.7 Å². The third-order valence-electron chi connectivity index (χ3n) is 9.61. The Balaban J connectivity index is 1.38. The monoisotopic (exact) mass is 630 g/mol. The Morgan fingerprint density at radius 2 is 1.64 bits per heavy atom. The lowest BCUT2D eigenvalue weighted by atomic mass is 9.85. The van der Waals surface area contributed by atoms with Crippen LogP contribution >= 0.6 is 0 Å². The molecule has 47 heavy (non-hydrogen) atoms. The second kappa shape index (κ2) is 13.8. The van der Waals surface area contributed by atoms with Gasteiger partial charge < -0.3 is 20.3 Å². The van der Waals surface area contributed by atoms with E-state index in [1.165, 1.54) is 11.1 Å². The van der Waals surface area contributed by atoms with E-state index in [9.17, 15) is 14.4 Å². The molecule has 0 radical (unpaired) electrons. The van der Waals surface area contributed by atoms with Crippen molar-refractivity contribution in [3.63, 3.8) is 0 Å². The molecule has 2 heterocycles. The molecule has 0 spiro atoms. The zero-order valence-corrected chi connectivity index (χ0v) is 27.4. The standard InChI is InChI=1S/C39H42N4O4/c1-5-24(2)35-37(44)42-34(30-20-28-15-9-10-16-29(28)21-30)39(46)43(35)36(31-22-40-26(4)19-25(31)3)38(45)41-32-17-11-12-18-33(32)47-23-27-13-7-6-8-14-27/h6-19,22,24,30,34-36H,5,20-21,23H2,1-4H3,(H,41,45)(H,42,44)/t24-,34+,35+,36+/m0/s1. The molecule has 1 fully saturated rings. The van der Waals surface area contributed by atoms with Crippen molar-refractivity contribution in [1.82, 2.24) is 15.2 Å². The molecule has 6 rings (SSSR count). The van der Waals surface area contributed by atoms with Gasteiger partial charge in [-0.05, 0) is 79.0 Å². The van der Waals surface area contributed by atoms with E-state index in [2.05, 4.69) is 27.8 Å². The highest BCUT2D eigenvalue weighted by atomic mass is 16.5. The van der Waals surface area contributed by atoms with Gasteiger partial charge in [-0.25, -0.2) is 0 Å². The first-order valence-corrected chi connectivity index (χ1v) is 16.4. The second-order valence-corrected chi connectivity index (χ2v) is 12.8. The third-order valence-corrected chi connectivity index (χ3v) is 9.61. The first-order chi connectivity index (χ1) is 22.7. The number of carbonyl (C=O) groups excluding carboxylic acids is 3. The SMILES string of the molecule is CC[C@H](C)[C@@H]1C(=O)N[C@H](C2Cc3ccccc3C2)C(=O)N1[C@@H](C(=O)Nc1ccccc1OCc1ccccc1)c1cnc(C)cc1C. The number of para-hydroxylation sites is 2. The first kappa shape index (κ1) is 32.0. The minimum Gasteiger partial charge on any atom is -0.487 e. The molecular weight excluding hydrogens is 588 g/mol. The summed E-state index contributed by atoms with van der Waals surface area (Å²) in [5, 5.41) is 6.18. The molecule has 4 aromatic rings. The van der Waals surface area contributed by atoms with Crippen LogP contribution in [0.2, 0.25) is 0 Å². The largest absolute Gasteiger partial charge is 0.487 e. The van der Waals surface area contributed by atoms with Crippen molar-refractivity contribution in [3.05, 3.63) is 125 Å². The molecule has 2 N–H and O–H groups in total. The van der Waals surface area contributed by atoms with Gasteiger partial charge in [-0.3, -0.25) is 19.4 Å². The molecule has 1 aliphatic heterocycles. The molecule has 3 aromatic carbocycles. The summed E-state index contributed by atoms with van der Waals surface area (Å²) >= 11 is 0. The number of piperazine rings is 1. The molecule has 242 valence electrons. The number of hydrogen-bond donors (Lipinski definition) is 2. The number of amides is 3. The Morgan fingerprint density at radius 1 is 0.979 bits per heavy atom. The number of fused-ring (bicyclic) bond motifs is 1. The van der Waals surface area contributed by atoms with Crippen LogP contribution in [0.3, 0.4) is 0 Å². The molecule has 2 aliphatic rings. The van der Waals surface area contributed by atoms with Crippen LogP contribution in [0.4, 0.5) is 5.69 Å². The summed E-state index contributed by atoms with van der Waals surface area (Å²) < 4.78 is 6.15. The van der Waals surface area contributed by atoms with Crippen molar-refractivity contribution in [3.8, 4) is 5.75 Å². The molecule has 0 unspecified atom stereocenters. The van der Waals surface area contributed by atoms with E-state index in [0.717, 1.165) is 16.8 Å². The van der Waals surface area contributed by atoms with Crippen molar-refractivity contribution in [2.75, 3.05) is 5.32 Å². The smallest absolute Gasteiger partial charge is 0.252 e. The number of aromatic nitrogens is 1. The van der Waals surface area contributed by atoms with Gasteiger partial charge in [-0.2, -0.15) is 0 Å². The number of anilines is 1. The minimum atomic E-state index is -1.10. The van der Waals surface area contributed by atoms with Crippen LogP contribution < -0.4 is 15.4 Å². The Labute approximate surface area is 276 Å². The summed E-state index contributed by atoms with van der Waals surface area (Å²) in [5.74, 6) is -0.721. The van der Waals surface area contributed by atoms with Crippen LogP contribution in [0, 0.1) is 25.7 Å². The van der Waals surface area contributed by atoms with Crippen molar-refractivity contribution in [1.29, 1.82) is 0 Å². The van der Waals surface area contributed by atoms with Crippen LogP contribution in [0.25, 0.3) is 0 Å². The lowest BCUT2D eigenvalue weighted by molar-refractivity contribution is -0.158. The quantitative estimate of drug-likeness (QED) is 0.220. The maximum Gasteiger partial charge on any atom is 0.252 e. The zero-order chi connectivity index (χ0) is 33.1. The molecule has 0 saturated carbocycles. The predicted octanol–water partition coefficient (Wildman–Crippen LogP) is 6.11. The van der Waals surface area contributed by atoms with E-state index in [1.807, 2.05) is 94.4 Å². The zero-order valence-electron chi connectivity index (χ0n) is 27.4. The highest BCUT2D eigenvalue weighted by Gasteiger charge is 2.51. The summed E-state index contributed by atoms with van der Waals surface area (Å²) in [6, 6.07) is 24.4. The van der Waals surface area contributed by atoms with Crippen molar-refractivity contribution in [2.24, 2.45) is 11.8 Å². The number of nitrogens with one attached hydrogen (secondary N) is 2. The van der Waals surface area contributed by atoms with E-state index >= 15 is 0 Å². The lowest BCUT2D eigenvalue weighted by Gasteiger charge is -2.46. The first-order valence-electron chi connectivity index (χ1n) is 16.4. The van der Waals surface area contributed by atoms with Gasteiger partial charge in [0.05, 0.1) is 5.69 Å². The van der Waals surface area contributed by atoms with Gasteiger partial charge in [0.1, 0.15) is 30.5 Å². The van der Waals surface area contributed by atoms with Gasteiger partial charge >= 0.3 is 0 Å². The number of ether oxygens (including phenoxy) is 1. The maximum atomic E-state index is 14.8. The maximum absolute atomic E-state index is 14.8. The summed E-state index contributed by atoms with van der Waals surface area (Å²) in [6.07, 6.45) is 3.68. The Kier molecular flexibility index (Phi) is 9.38. The fraction of sp³-hybridized carbons (Fsp3) is 0.333. The fourth-order valence-electron chi connectivity index (χ4n) is 6.96. The number of carbonyl (C=O) groups is 3. The second-order valence-electron chi connectivity index (χ2n) is 12.8. The van der Waals surface area contributed by atoms with Crippen LogP contribution in [0.5, 0.6) is 5.75 Å². The topological polar surface area (TPSA) is 101 Å². The molecule has 8 nitrogen and oxygen atoms in total. The average molecular weight is 631 g/mol. The molecule has 3 amide bonds. The highest BCUT2D eigenvalue weighted by molar-refractivity contribution is 6.04. The third kappa shape index (κ3) is 6.64. The van der Waals surface area contributed by atoms with Crippen molar-refractivity contribution < 1.29 is 19.1 Å². The van der Waals surface area contributed by atoms with Crippen LogP contribution in [-0.4, -0.2) is 39.7 Å². The molecule has 8 heteroatoms. The van der Waals surface area contributed by atoms with E-state index in [1.54, 1.807) is 17.2 Å². The number of aryl methyl sites for hydroxylation is 2. The van der Waals surface area contributed by atoms with Gasteiger partial charge in [-0.1, -0.05) is 87.0 Å². The highest BCUT2D eigenvalue weighted by Crippen LogP contribution is 2.38. The number of benzene rings is 3. The predicted molar refractivity (Wildman–Crippen MR) is 182 cm³/mol. The Bertz CT molecular complexity index is 1750. The molecular formula is C39H42N4O4. The van der Waals surface area contributed by atoms with Gasteiger partial charge in [0.25, 0.3) is 5.91 Å². The lowest BCUT2D eigenvalue weighted by Crippen LogP contribution is -2.68. The van der Waals surface area contributed by atoms with Crippen LogP contribution in [0.15, 0.2) is 91.1 Å². The van der Waals surface area contributed by atoms with E-state index in [0.29, 0.717) is 42.9 Å². The van der Waals surface area contributed by atoms with E-state index in [4.69, 9.17) is 4.74 Å². The summed E-state index contributed by atoms with van der Waals surface area (Å²) in [7, 11) is 0. The molecule has 1 saturated heterocycles. The summed E-state index contributed by atoms with van der Waals surface area (Å²) in [5.41, 5.74) is 6.05. The van der Waals surface area contributed by atoms with Crippen LogP contribution in [0.1, 0.15) is 59.8 Å². The Morgan fingerprint density at radius 3 is 2.32 bits per heavy atom. The number of pyridine rings is 1. The average Bonchev–Trinajstić information content (AvgIpc) is 3.51. The van der Waals surface area contributed by atoms with E-state index < -0.39 is 24.0 Å². The summed E-state index contributed by atoms with van der Waals surface area (Å²) in [4.78, 5) is 49.6. The number of hydrogen-bond acceptors (Lipinski definition) is 5. The van der Waals surface area contributed by atoms with Crippen molar-refractivity contribution >= 4 is 23.4 Å². The molecule has 4 atom stereocenters. The Hall–Kier alpha value is -4.98. The number of rotatable bonds is 10. The fourth-order valence-corrected chi connectivity index (χ4v) is 6.96. The minimum absolute atomic E-state index is 0.114.